The van der Waals surface area contributed by atoms with Crippen LogP contribution in [0.4, 0.5) is 4.39 Å². The van der Waals surface area contributed by atoms with Gasteiger partial charge in [0.15, 0.2) is 0 Å². The predicted molar refractivity (Wildman–Crippen MR) is 49.4 cm³/mol. The lowest BCUT2D eigenvalue weighted by atomic mass is 9.86. The van der Waals surface area contributed by atoms with Crippen molar-refractivity contribution in [2.45, 2.75) is 26.4 Å². The molecule has 0 N–H and O–H groups in total. The van der Waals surface area contributed by atoms with E-state index in [-0.39, 0.29) is 6.54 Å². The predicted octanol–water partition coefficient (Wildman–Crippen LogP) is 1.41. The number of aromatic nitrogens is 3. The molecule has 1 unspecified atom stereocenters. The van der Waals surface area contributed by atoms with Gasteiger partial charge in [-0.2, -0.15) is 10.0 Å². The maximum absolute atomic E-state index is 12.6. The molecule has 1 heterocycles. The lowest BCUT2D eigenvalue weighted by Crippen LogP contribution is -2.33. The molecule has 1 aromatic rings. The zero-order valence-corrected chi connectivity index (χ0v) is 8.22. The molecule has 0 saturated heterocycles. The number of nitroso groups, excluding NO2 is 1. The third-order valence-electron chi connectivity index (χ3n) is 2.20. The van der Waals surface area contributed by atoms with Crippen molar-refractivity contribution in [1.29, 1.82) is 0 Å². The normalized spacial score (nSPS) is 13.9. The molecule has 0 fully saturated rings. The van der Waals surface area contributed by atoms with Crippen LogP contribution in [0.2, 0.25) is 0 Å². The molecule has 0 aliphatic heterocycles. The standard InChI is InChI=1S/C8H13FN4O/c1-8(2,4-9)7(12-14)3-13-6-10-5-11-13/h5-7H,3-4H2,1-2H3. The number of hydrogen-bond acceptors (Lipinski definition) is 4. The smallest absolute Gasteiger partial charge is 0.137 e. The quantitative estimate of drug-likeness (QED) is 0.675. The van der Waals surface area contributed by atoms with Crippen molar-refractivity contribution in [3.8, 4) is 0 Å². The zero-order chi connectivity index (χ0) is 10.6. The molecule has 1 rings (SSSR count). The summed E-state index contributed by atoms with van der Waals surface area (Å²) in [6.45, 7) is 3.00. The first-order valence-corrected chi connectivity index (χ1v) is 4.31. The summed E-state index contributed by atoms with van der Waals surface area (Å²) in [6.07, 6.45) is 2.84. The highest BCUT2D eigenvalue weighted by Gasteiger charge is 2.31. The second-order valence-electron chi connectivity index (χ2n) is 3.86. The molecule has 0 aliphatic rings. The first-order chi connectivity index (χ1) is 6.60. The summed E-state index contributed by atoms with van der Waals surface area (Å²) < 4.78 is 14.1. The van der Waals surface area contributed by atoms with Crippen LogP contribution in [0, 0.1) is 10.3 Å². The molecule has 0 amide bonds. The molecule has 5 nitrogen and oxygen atoms in total. The summed E-state index contributed by atoms with van der Waals surface area (Å²) in [5.41, 5.74) is -0.756. The lowest BCUT2D eigenvalue weighted by Gasteiger charge is -2.25. The minimum atomic E-state index is -0.756. The first-order valence-electron chi connectivity index (χ1n) is 4.31. The Hall–Kier alpha value is -1.33. The van der Waals surface area contributed by atoms with Crippen LogP contribution in [0.5, 0.6) is 0 Å². The van der Waals surface area contributed by atoms with Gasteiger partial charge in [-0.1, -0.05) is 19.0 Å². The van der Waals surface area contributed by atoms with Crippen LogP contribution in [0.25, 0.3) is 0 Å². The lowest BCUT2D eigenvalue weighted by molar-refractivity contribution is 0.192. The van der Waals surface area contributed by atoms with Crippen molar-refractivity contribution >= 4 is 0 Å². The van der Waals surface area contributed by atoms with Gasteiger partial charge in [-0.15, -0.1) is 0 Å². The summed E-state index contributed by atoms with van der Waals surface area (Å²) >= 11 is 0. The number of nitrogens with zero attached hydrogens (tertiary/aromatic N) is 4. The van der Waals surface area contributed by atoms with Gasteiger partial charge in [-0.25, -0.2) is 4.98 Å². The van der Waals surface area contributed by atoms with Crippen molar-refractivity contribution in [3.05, 3.63) is 17.6 Å². The molecule has 1 aromatic heterocycles. The Morgan fingerprint density at radius 3 is 2.79 bits per heavy atom. The van der Waals surface area contributed by atoms with Gasteiger partial charge in [-0.3, -0.25) is 9.07 Å². The number of halogens is 1. The Morgan fingerprint density at radius 2 is 2.36 bits per heavy atom. The Morgan fingerprint density at radius 1 is 1.64 bits per heavy atom. The molecule has 14 heavy (non-hydrogen) atoms. The molecule has 0 aliphatic carbocycles. The molecule has 1 atom stereocenters. The molecule has 0 spiro atoms. The van der Waals surface area contributed by atoms with Crippen LogP contribution in [0.1, 0.15) is 13.8 Å². The van der Waals surface area contributed by atoms with Crippen LogP contribution in [0.3, 0.4) is 0 Å². The molecule has 6 heteroatoms. The Labute approximate surface area is 81.3 Å². The summed E-state index contributed by atoms with van der Waals surface area (Å²) in [7, 11) is 0. The van der Waals surface area contributed by atoms with Crippen LogP contribution < -0.4 is 0 Å². The van der Waals surface area contributed by atoms with E-state index in [2.05, 4.69) is 15.3 Å². The second kappa shape index (κ2) is 4.26. The average molecular weight is 200 g/mol. The molecule has 0 radical (unpaired) electrons. The van der Waals surface area contributed by atoms with E-state index in [0.717, 1.165) is 0 Å². The van der Waals surface area contributed by atoms with Crippen LogP contribution >= 0.6 is 0 Å². The van der Waals surface area contributed by atoms with E-state index in [1.54, 1.807) is 13.8 Å². The van der Waals surface area contributed by atoms with Crippen molar-refractivity contribution in [1.82, 2.24) is 14.8 Å². The third-order valence-corrected chi connectivity index (χ3v) is 2.20. The molecule has 78 valence electrons. The van der Waals surface area contributed by atoms with Gasteiger partial charge < -0.3 is 0 Å². The highest BCUT2D eigenvalue weighted by Crippen LogP contribution is 2.24. The topological polar surface area (TPSA) is 60.1 Å². The fourth-order valence-electron chi connectivity index (χ4n) is 1.02. The van der Waals surface area contributed by atoms with Gasteiger partial charge in [0.2, 0.25) is 0 Å². The SMILES string of the molecule is CC(C)(CF)C(Cn1cncn1)N=O. The van der Waals surface area contributed by atoms with Gasteiger partial charge in [0.1, 0.15) is 18.7 Å². The minimum Gasteiger partial charge on any atom is -0.251 e. The number of hydrogen-bond donors (Lipinski definition) is 0. The van der Waals surface area contributed by atoms with E-state index in [1.807, 2.05) is 0 Å². The molecule has 0 bridgehead atoms. The van der Waals surface area contributed by atoms with Gasteiger partial charge in [-0.05, 0) is 0 Å². The van der Waals surface area contributed by atoms with E-state index in [9.17, 15) is 9.30 Å². The van der Waals surface area contributed by atoms with E-state index in [1.165, 1.54) is 17.3 Å². The maximum Gasteiger partial charge on any atom is 0.137 e. The van der Waals surface area contributed by atoms with Crippen molar-refractivity contribution in [2.24, 2.45) is 10.6 Å². The third kappa shape index (κ3) is 2.34. The fraction of sp³-hybridized carbons (Fsp3) is 0.750. The molecule has 0 saturated carbocycles. The van der Waals surface area contributed by atoms with Crippen molar-refractivity contribution < 1.29 is 4.39 Å². The van der Waals surface area contributed by atoms with Gasteiger partial charge >= 0.3 is 0 Å². The van der Waals surface area contributed by atoms with Gasteiger partial charge in [0.25, 0.3) is 0 Å². The maximum atomic E-state index is 12.6. The fourth-order valence-corrected chi connectivity index (χ4v) is 1.02. The summed E-state index contributed by atoms with van der Waals surface area (Å²) in [4.78, 5) is 14.3. The van der Waals surface area contributed by atoms with E-state index in [0.29, 0.717) is 0 Å². The minimum absolute atomic E-state index is 0.264. The molecular weight excluding hydrogens is 187 g/mol. The summed E-state index contributed by atoms with van der Waals surface area (Å²) in [6, 6.07) is -0.630. The summed E-state index contributed by atoms with van der Waals surface area (Å²) in [5.74, 6) is 0. The van der Waals surface area contributed by atoms with Crippen molar-refractivity contribution in [2.75, 3.05) is 6.67 Å². The average Bonchev–Trinajstić information content (AvgIpc) is 2.66. The van der Waals surface area contributed by atoms with Gasteiger partial charge in [0, 0.05) is 5.41 Å². The highest BCUT2D eigenvalue weighted by molar-refractivity contribution is 4.83. The van der Waals surface area contributed by atoms with E-state index in [4.69, 9.17) is 0 Å². The number of alkyl halides is 1. The zero-order valence-electron chi connectivity index (χ0n) is 8.22. The highest BCUT2D eigenvalue weighted by atomic mass is 19.1. The van der Waals surface area contributed by atoms with Crippen LogP contribution in [-0.2, 0) is 6.54 Å². The summed E-state index contributed by atoms with van der Waals surface area (Å²) in [5, 5.41) is 6.76. The second-order valence-corrected chi connectivity index (χ2v) is 3.86. The Bertz CT molecular complexity index is 286. The monoisotopic (exact) mass is 200 g/mol. The van der Waals surface area contributed by atoms with Gasteiger partial charge in [0.05, 0.1) is 13.2 Å². The van der Waals surface area contributed by atoms with Crippen LogP contribution in [0.15, 0.2) is 17.8 Å². The van der Waals surface area contributed by atoms with E-state index < -0.39 is 18.1 Å². The van der Waals surface area contributed by atoms with E-state index >= 15 is 0 Å². The Balaban J connectivity index is 2.69. The number of rotatable bonds is 5. The van der Waals surface area contributed by atoms with Crippen LogP contribution in [-0.4, -0.2) is 27.5 Å². The molecular formula is C8H13FN4O. The first kappa shape index (κ1) is 10.7. The molecule has 0 aromatic carbocycles. The Kier molecular flexibility index (Phi) is 3.27. The largest absolute Gasteiger partial charge is 0.251 e. The van der Waals surface area contributed by atoms with Crippen molar-refractivity contribution in [3.63, 3.8) is 0 Å².